The number of carbonyl (C=O) groups excluding carboxylic acids is 1. The molecule has 0 unspecified atom stereocenters. The average Bonchev–Trinajstić information content (AvgIpc) is 2.72. The van der Waals surface area contributed by atoms with Gasteiger partial charge in [0, 0.05) is 6.54 Å². The highest BCUT2D eigenvalue weighted by Gasteiger charge is 2.04. The van der Waals surface area contributed by atoms with Crippen molar-refractivity contribution in [3.05, 3.63) is 23.8 Å². The molecule has 3 N–H and O–H groups in total. The van der Waals surface area contributed by atoms with Crippen LogP contribution in [-0.2, 0) is 9.53 Å². The number of nitrogens with zero attached hydrogens (tertiary/aromatic N) is 1. The lowest BCUT2D eigenvalue weighted by atomic mass is 10.2. The zero-order chi connectivity index (χ0) is 13.0. The van der Waals surface area contributed by atoms with Gasteiger partial charge in [-0.1, -0.05) is 23.5 Å². The third kappa shape index (κ3) is 3.18. The summed E-state index contributed by atoms with van der Waals surface area (Å²) in [6.07, 6.45) is 0. The Bertz CT molecular complexity index is 553. The van der Waals surface area contributed by atoms with E-state index in [2.05, 4.69) is 16.4 Å². The van der Waals surface area contributed by atoms with E-state index >= 15 is 0 Å². The summed E-state index contributed by atoms with van der Waals surface area (Å²) >= 11 is 1.61. The predicted octanol–water partition coefficient (Wildman–Crippen LogP) is 1.52. The maximum atomic E-state index is 10.5. The zero-order valence-electron chi connectivity index (χ0n) is 10.1. The number of primary amides is 1. The van der Waals surface area contributed by atoms with Crippen molar-refractivity contribution in [3.63, 3.8) is 0 Å². The molecule has 0 fully saturated rings. The third-order valence-corrected chi connectivity index (χ3v) is 3.37. The normalized spacial score (nSPS) is 10.7. The molecular weight excluding hydrogens is 250 g/mol. The third-order valence-electron chi connectivity index (χ3n) is 2.39. The highest BCUT2D eigenvalue weighted by atomic mass is 32.1. The monoisotopic (exact) mass is 265 g/mol. The van der Waals surface area contributed by atoms with Crippen LogP contribution in [0, 0.1) is 6.92 Å². The van der Waals surface area contributed by atoms with Crippen molar-refractivity contribution in [2.45, 2.75) is 6.92 Å². The highest BCUT2D eigenvalue weighted by Crippen LogP contribution is 2.27. The van der Waals surface area contributed by atoms with E-state index in [0.29, 0.717) is 13.2 Å². The molecule has 1 aromatic carbocycles. The highest BCUT2D eigenvalue weighted by molar-refractivity contribution is 7.22. The van der Waals surface area contributed by atoms with Gasteiger partial charge in [0.15, 0.2) is 5.13 Å². The van der Waals surface area contributed by atoms with E-state index in [1.807, 2.05) is 19.1 Å². The van der Waals surface area contributed by atoms with Gasteiger partial charge in [0.1, 0.15) is 6.61 Å². The average molecular weight is 265 g/mol. The Morgan fingerprint density at radius 1 is 1.56 bits per heavy atom. The topological polar surface area (TPSA) is 77.2 Å². The van der Waals surface area contributed by atoms with E-state index in [0.717, 1.165) is 15.3 Å². The molecule has 2 aromatic rings. The number of nitrogens with one attached hydrogen (secondary N) is 1. The summed E-state index contributed by atoms with van der Waals surface area (Å²) < 4.78 is 6.22. The molecule has 1 amide bonds. The molecule has 0 spiro atoms. The van der Waals surface area contributed by atoms with Crippen molar-refractivity contribution in [1.29, 1.82) is 0 Å². The summed E-state index contributed by atoms with van der Waals surface area (Å²) in [5, 5.41) is 4.03. The minimum atomic E-state index is -0.453. The van der Waals surface area contributed by atoms with Crippen molar-refractivity contribution in [3.8, 4) is 0 Å². The lowest BCUT2D eigenvalue weighted by molar-refractivity contribution is -0.122. The quantitative estimate of drug-likeness (QED) is 0.776. The standard InChI is InChI=1S/C12H15N3O2S/c1-8-3-2-4-9-11(8)15-12(18-9)14-5-6-17-7-10(13)16/h2-4H,5-7H2,1H3,(H2,13,16)(H,14,15). The molecule has 2 rings (SSSR count). The van der Waals surface area contributed by atoms with Gasteiger partial charge < -0.3 is 15.8 Å². The second-order valence-corrected chi connectivity index (χ2v) is 4.92. The van der Waals surface area contributed by atoms with Gasteiger partial charge in [0.25, 0.3) is 0 Å². The first-order valence-corrected chi connectivity index (χ1v) is 6.44. The van der Waals surface area contributed by atoms with Crippen LogP contribution in [-0.4, -0.2) is 30.6 Å². The number of aromatic nitrogens is 1. The first kappa shape index (κ1) is 12.8. The minimum absolute atomic E-state index is 0.0410. The molecular formula is C12H15N3O2S. The first-order valence-electron chi connectivity index (χ1n) is 5.63. The number of anilines is 1. The molecule has 1 aromatic heterocycles. The number of para-hydroxylation sites is 1. The van der Waals surface area contributed by atoms with Gasteiger partial charge in [-0.15, -0.1) is 0 Å². The number of hydrogen-bond acceptors (Lipinski definition) is 5. The Labute approximate surface area is 109 Å². The second-order valence-electron chi connectivity index (χ2n) is 3.89. The fourth-order valence-electron chi connectivity index (χ4n) is 1.56. The van der Waals surface area contributed by atoms with Crippen LogP contribution >= 0.6 is 11.3 Å². The molecule has 96 valence electrons. The Kier molecular flexibility index (Phi) is 4.11. The largest absolute Gasteiger partial charge is 0.370 e. The summed E-state index contributed by atoms with van der Waals surface area (Å²) in [6, 6.07) is 6.12. The predicted molar refractivity (Wildman–Crippen MR) is 72.9 cm³/mol. The molecule has 0 bridgehead atoms. The van der Waals surface area contributed by atoms with E-state index in [4.69, 9.17) is 10.5 Å². The van der Waals surface area contributed by atoms with E-state index in [9.17, 15) is 4.79 Å². The Morgan fingerprint density at radius 2 is 2.39 bits per heavy atom. The van der Waals surface area contributed by atoms with Crippen LogP contribution in [0.1, 0.15) is 5.56 Å². The summed E-state index contributed by atoms with van der Waals surface area (Å²) in [5.74, 6) is -0.453. The Hall–Kier alpha value is -1.66. The number of aryl methyl sites for hydroxylation is 1. The SMILES string of the molecule is Cc1cccc2sc(NCCOCC(N)=O)nc12. The first-order chi connectivity index (χ1) is 8.66. The number of benzene rings is 1. The molecule has 0 radical (unpaired) electrons. The maximum absolute atomic E-state index is 10.5. The fraction of sp³-hybridized carbons (Fsp3) is 0.333. The molecule has 0 aliphatic heterocycles. The van der Waals surface area contributed by atoms with Crippen molar-refractivity contribution >= 4 is 32.6 Å². The Morgan fingerprint density at radius 3 is 3.11 bits per heavy atom. The minimum Gasteiger partial charge on any atom is -0.370 e. The molecule has 0 atom stereocenters. The number of thiazole rings is 1. The fourth-order valence-corrected chi connectivity index (χ4v) is 2.53. The van der Waals surface area contributed by atoms with E-state index < -0.39 is 5.91 Å². The molecule has 18 heavy (non-hydrogen) atoms. The lowest BCUT2D eigenvalue weighted by Crippen LogP contribution is -2.20. The molecule has 1 heterocycles. The number of amides is 1. The van der Waals surface area contributed by atoms with Gasteiger partial charge >= 0.3 is 0 Å². The van der Waals surface area contributed by atoms with E-state index in [-0.39, 0.29) is 6.61 Å². The van der Waals surface area contributed by atoms with Crippen LogP contribution in [0.3, 0.4) is 0 Å². The number of nitrogens with two attached hydrogens (primary N) is 1. The van der Waals surface area contributed by atoms with Crippen molar-refractivity contribution in [2.24, 2.45) is 5.73 Å². The molecule has 6 heteroatoms. The van der Waals surface area contributed by atoms with Crippen LogP contribution < -0.4 is 11.1 Å². The molecule has 5 nitrogen and oxygen atoms in total. The van der Waals surface area contributed by atoms with Crippen LogP contribution in [0.25, 0.3) is 10.2 Å². The molecule has 0 aliphatic carbocycles. The second kappa shape index (κ2) is 5.79. The van der Waals surface area contributed by atoms with Gasteiger partial charge in [-0.05, 0) is 18.6 Å². The smallest absolute Gasteiger partial charge is 0.243 e. The Balaban J connectivity index is 1.88. The van der Waals surface area contributed by atoms with Crippen LogP contribution in [0.4, 0.5) is 5.13 Å². The van der Waals surface area contributed by atoms with Crippen LogP contribution in [0.15, 0.2) is 18.2 Å². The van der Waals surface area contributed by atoms with Gasteiger partial charge in [-0.3, -0.25) is 4.79 Å². The maximum Gasteiger partial charge on any atom is 0.243 e. The van der Waals surface area contributed by atoms with E-state index in [1.165, 1.54) is 5.56 Å². The molecule has 0 saturated carbocycles. The number of hydrogen-bond donors (Lipinski definition) is 2. The summed E-state index contributed by atoms with van der Waals surface area (Å²) in [5.41, 5.74) is 7.16. The number of ether oxygens (including phenoxy) is 1. The van der Waals surface area contributed by atoms with Crippen LogP contribution in [0.2, 0.25) is 0 Å². The molecule has 0 aliphatic rings. The number of carbonyl (C=O) groups is 1. The summed E-state index contributed by atoms with van der Waals surface area (Å²) in [6.45, 7) is 3.03. The summed E-state index contributed by atoms with van der Waals surface area (Å²) in [7, 11) is 0. The van der Waals surface area contributed by atoms with Crippen molar-refractivity contribution in [1.82, 2.24) is 4.98 Å². The van der Waals surface area contributed by atoms with Crippen LogP contribution in [0.5, 0.6) is 0 Å². The van der Waals surface area contributed by atoms with Gasteiger partial charge in [0.2, 0.25) is 5.91 Å². The van der Waals surface area contributed by atoms with Crippen molar-refractivity contribution < 1.29 is 9.53 Å². The van der Waals surface area contributed by atoms with Gasteiger partial charge in [-0.2, -0.15) is 0 Å². The lowest BCUT2D eigenvalue weighted by Gasteiger charge is -2.02. The van der Waals surface area contributed by atoms with Crippen molar-refractivity contribution in [2.75, 3.05) is 25.1 Å². The van der Waals surface area contributed by atoms with E-state index in [1.54, 1.807) is 11.3 Å². The number of fused-ring (bicyclic) bond motifs is 1. The van der Waals surface area contributed by atoms with Gasteiger partial charge in [0.05, 0.1) is 16.8 Å². The number of rotatable bonds is 6. The molecule has 0 saturated heterocycles. The summed E-state index contributed by atoms with van der Waals surface area (Å²) in [4.78, 5) is 15.0. The van der Waals surface area contributed by atoms with Gasteiger partial charge in [-0.25, -0.2) is 4.98 Å². The zero-order valence-corrected chi connectivity index (χ0v) is 10.9.